The fourth-order valence-electron chi connectivity index (χ4n) is 3.19. The summed E-state index contributed by atoms with van der Waals surface area (Å²) >= 11 is 0. The van der Waals surface area contributed by atoms with Crippen molar-refractivity contribution < 1.29 is 53.8 Å². The largest absolute Gasteiger partial charge is 0.493 e. The Morgan fingerprint density at radius 1 is 1.06 bits per heavy atom. The van der Waals surface area contributed by atoms with Crippen molar-refractivity contribution in [1.29, 1.82) is 0 Å². The number of methoxy groups -OCH3 is 1. The maximum Gasteiger partial charge on any atom is 0.324 e. The molecule has 1 aromatic rings. The van der Waals surface area contributed by atoms with E-state index in [-0.39, 0.29) is 0 Å². The number of fused-ring (bicyclic) bond motifs is 1. The minimum atomic E-state index is -2.65. The summed E-state index contributed by atoms with van der Waals surface area (Å²) < 4.78 is 22.9. The molecule has 1 unspecified atom stereocenters. The third kappa shape index (κ3) is 8.26. The van der Waals surface area contributed by atoms with Gasteiger partial charge in [0.25, 0.3) is 5.79 Å². The van der Waals surface area contributed by atoms with Crippen LogP contribution in [0.2, 0.25) is 0 Å². The molecule has 2 rings (SSSR count). The van der Waals surface area contributed by atoms with Gasteiger partial charge in [-0.2, -0.15) is 0 Å². The molecule has 4 N–H and O–H groups in total. The lowest BCUT2D eigenvalue weighted by molar-refractivity contribution is -0.172. The third-order valence-electron chi connectivity index (χ3n) is 5.50. The number of aliphatic carboxylic acids is 3. The second kappa shape index (κ2) is 13.7. The smallest absolute Gasteiger partial charge is 0.324 e. The molecule has 0 aromatic heterocycles. The number of ether oxygens (including phenoxy) is 4. The maximum atomic E-state index is 10.4. The van der Waals surface area contributed by atoms with Crippen LogP contribution in [-0.2, 0) is 19.1 Å². The minimum absolute atomic E-state index is 0.605. The second-order valence-corrected chi connectivity index (χ2v) is 7.94. The van der Waals surface area contributed by atoms with Crippen molar-refractivity contribution in [3.63, 3.8) is 0 Å². The van der Waals surface area contributed by atoms with Gasteiger partial charge in [-0.25, -0.2) is 0 Å². The van der Waals surface area contributed by atoms with Gasteiger partial charge < -0.3 is 44.3 Å². The molecular weight excluding hydrogens is 466 g/mol. The molecule has 1 aromatic carbocycles. The van der Waals surface area contributed by atoms with Gasteiger partial charge in [-0.1, -0.05) is 19.9 Å². The van der Waals surface area contributed by atoms with E-state index >= 15 is 0 Å². The lowest BCUT2D eigenvalue weighted by atomic mass is 9.85. The van der Waals surface area contributed by atoms with Gasteiger partial charge in [-0.3, -0.25) is 14.4 Å². The molecule has 0 bridgehead atoms. The molecule has 198 valence electrons. The summed E-state index contributed by atoms with van der Waals surface area (Å²) in [6.07, 6.45) is -0.489. The molecule has 1 atom stereocenters. The van der Waals surface area contributed by atoms with Crippen LogP contribution in [0.5, 0.6) is 17.2 Å². The predicted octanol–water partition coefficient (Wildman–Crippen LogP) is 1.54. The molecular formula is C23H35NO11. The molecule has 1 heterocycles. The number of hydrogen-bond donors (Lipinski definition) is 4. The highest BCUT2D eigenvalue weighted by molar-refractivity contribution is 6.01. The summed E-state index contributed by atoms with van der Waals surface area (Å²) in [4.78, 5) is 33.3. The average molecular weight is 502 g/mol. The van der Waals surface area contributed by atoms with Crippen LogP contribution in [-0.4, -0.2) is 95.6 Å². The lowest BCUT2D eigenvalue weighted by Crippen LogP contribution is -2.44. The Kier molecular flexibility index (Phi) is 11.7. The Morgan fingerprint density at radius 2 is 1.69 bits per heavy atom. The van der Waals surface area contributed by atoms with Crippen molar-refractivity contribution in [2.24, 2.45) is 5.41 Å². The van der Waals surface area contributed by atoms with Crippen LogP contribution in [0.3, 0.4) is 0 Å². The van der Waals surface area contributed by atoms with Crippen LogP contribution in [0.4, 0.5) is 0 Å². The van der Waals surface area contributed by atoms with Gasteiger partial charge in [0.1, 0.15) is 0 Å². The normalized spacial score (nSPS) is 16.4. The molecule has 1 aliphatic heterocycles. The van der Waals surface area contributed by atoms with Crippen LogP contribution in [0.15, 0.2) is 18.2 Å². The monoisotopic (exact) mass is 501 g/mol. The first kappa shape index (κ1) is 29.9. The Labute approximate surface area is 204 Å². The quantitative estimate of drug-likeness (QED) is 0.214. The summed E-state index contributed by atoms with van der Waals surface area (Å²) in [5.74, 6) is -3.93. The van der Waals surface area contributed by atoms with Crippen molar-refractivity contribution in [2.45, 2.75) is 39.4 Å². The fourth-order valence-corrected chi connectivity index (χ4v) is 3.19. The van der Waals surface area contributed by atoms with Gasteiger partial charge in [-0.05, 0) is 25.2 Å². The van der Waals surface area contributed by atoms with E-state index in [4.69, 9.17) is 39.4 Å². The first-order valence-corrected chi connectivity index (χ1v) is 11.1. The third-order valence-corrected chi connectivity index (χ3v) is 5.50. The number of para-hydroxylation sites is 1. The van der Waals surface area contributed by atoms with Crippen molar-refractivity contribution in [2.75, 3.05) is 46.6 Å². The van der Waals surface area contributed by atoms with E-state index in [9.17, 15) is 14.4 Å². The van der Waals surface area contributed by atoms with E-state index in [1.807, 2.05) is 25.1 Å². The number of aliphatic hydroxyl groups is 1. The van der Waals surface area contributed by atoms with Crippen molar-refractivity contribution in [1.82, 2.24) is 4.90 Å². The van der Waals surface area contributed by atoms with Crippen molar-refractivity contribution in [3.8, 4) is 17.2 Å². The highest BCUT2D eigenvalue weighted by Crippen LogP contribution is 2.46. The van der Waals surface area contributed by atoms with Gasteiger partial charge in [-0.15, -0.1) is 0 Å². The van der Waals surface area contributed by atoms with Crippen LogP contribution >= 0.6 is 0 Å². The molecule has 0 aliphatic carbocycles. The molecule has 12 heteroatoms. The molecule has 1 aliphatic rings. The van der Waals surface area contributed by atoms with Crippen LogP contribution in [0.1, 0.15) is 33.6 Å². The predicted molar refractivity (Wildman–Crippen MR) is 123 cm³/mol. The Morgan fingerprint density at radius 3 is 2.14 bits per heavy atom. The summed E-state index contributed by atoms with van der Waals surface area (Å²) in [6.45, 7) is 9.40. The maximum absolute atomic E-state index is 10.4. The van der Waals surface area contributed by atoms with Gasteiger partial charge in [0.2, 0.25) is 5.75 Å². The molecule has 0 radical (unpaired) electrons. The summed E-state index contributed by atoms with van der Waals surface area (Å²) in [7, 11) is 1.63. The van der Waals surface area contributed by atoms with E-state index in [1.165, 1.54) is 0 Å². The average Bonchev–Trinajstić information content (AvgIpc) is 3.16. The number of likely N-dealkylation sites (N-methyl/N-ethyl adjacent to an activating group) is 1. The minimum Gasteiger partial charge on any atom is -0.493 e. The molecule has 12 nitrogen and oxygen atoms in total. The van der Waals surface area contributed by atoms with E-state index in [2.05, 4.69) is 18.7 Å². The zero-order valence-corrected chi connectivity index (χ0v) is 20.5. The van der Waals surface area contributed by atoms with E-state index in [0.717, 1.165) is 32.0 Å². The SMILES string of the molecule is CCN(CC)CCOCCC1(C)Oc2cccc(OC)c2O1.O=C(O)CC(CO)(C(=O)O)C(=O)O. The van der Waals surface area contributed by atoms with Crippen molar-refractivity contribution >= 4 is 17.9 Å². The number of carboxylic acid groups (broad SMARTS) is 3. The van der Waals surface area contributed by atoms with Gasteiger partial charge in [0, 0.05) is 19.9 Å². The van der Waals surface area contributed by atoms with Crippen molar-refractivity contribution in [3.05, 3.63) is 18.2 Å². The number of hydrogen-bond acceptors (Lipinski definition) is 9. The van der Waals surface area contributed by atoms with Crippen LogP contribution in [0.25, 0.3) is 0 Å². The molecule has 0 fully saturated rings. The van der Waals surface area contributed by atoms with Gasteiger partial charge in [0.05, 0.1) is 33.4 Å². The number of benzene rings is 1. The number of carboxylic acids is 3. The molecule has 0 spiro atoms. The highest BCUT2D eigenvalue weighted by atomic mass is 16.7. The molecule has 0 saturated heterocycles. The van der Waals surface area contributed by atoms with Gasteiger partial charge >= 0.3 is 17.9 Å². The van der Waals surface area contributed by atoms with E-state index in [0.29, 0.717) is 24.5 Å². The Hall–Kier alpha value is -3.09. The van der Waals surface area contributed by atoms with E-state index in [1.54, 1.807) is 7.11 Å². The zero-order chi connectivity index (χ0) is 26.6. The number of aliphatic hydroxyl groups excluding tert-OH is 1. The zero-order valence-electron chi connectivity index (χ0n) is 20.5. The topological polar surface area (TPSA) is 172 Å². The summed E-state index contributed by atoms with van der Waals surface area (Å²) in [5.41, 5.74) is -2.65. The Bertz CT molecular complexity index is 842. The lowest BCUT2D eigenvalue weighted by Gasteiger charge is -2.23. The number of nitrogens with zero attached hydrogens (tertiary/aromatic N) is 1. The second-order valence-electron chi connectivity index (χ2n) is 7.94. The molecule has 35 heavy (non-hydrogen) atoms. The number of carbonyl (C=O) groups is 3. The van der Waals surface area contributed by atoms with E-state index < -0.39 is 42.1 Å². The first-order valence-electron chi connectivity index (χ1n) is 11.1. The highest BCUT2D eigenvalue weighted by Gasteiger charge is 2.48. The van der Waals surface area contributed by atoms with Crippen LogP contribution in [0, 0.1) is 5.41 Å². The molecule has 0 amide bonds. The number of rotatable bonds is 14. The summed E-state index contributed by atoms with van der Waals surface area (Å²) in [6, 6.07) is 5.66. The Balaban J connectivity index is 0.000000405. The van der Waals surface area contributed by atoms with Gasteiger partial charge in [0.15, 0.2) is 16.9 Å². The first-order chi connectivity index (χ1) is 16.5. The van der Waals surface area contributed by atoms with Crippen LogP contribution < -0.4 is 14.2 Å². The molecule has 0 saturated carbocycles. The summed E-state index contributed by atoms with van der Waals surface area (Å²) in [5, 5.41) is 33.7. The standard InChI is InChI=1S/C17H27NO4.C6H8O7/c1-5-18(6-2)11-13-20-12-10-17(3)21-15-9-7-8-14(19-4)16(15)22-17;7-2-6(4(10)11,5(12)13)1-3(8)9/h7-9H,5-6,10-13H2,1-4H3;7H,1-2H2,(H,8,9)(H,10,11)(H,12,13). The fraction of sp³-hybridized carbons (Fsp3) is 0.609.